The summed E-state index contributed by atoms with van der Waals surface area (Å²) < 4.78 is 5.93. The van der Waals surface area contributed by atoms with E-state index in [0.717, 1.165) is 22.0 Å². The molecule has 0 saturated heterocycles. The molecule has 0 bridgehead atoms. The molecule has 0 saturated carbocycles. The zero-order valence-electron chi connectivity index (χ0n) is 15.8. The van der Waals surface area contributed by atoms with Gasteiger partial charge in [-0.05, 0) is 39.8 Å². The molecule has 0 unspecified atom stereocenters. The fourth-order valence-corrected chi connectivity index (χ4v) is 3.44. The van der Waals surface area contributed by atoms with Gasteiger partial charge in [0, 0.05) is 32.8 Å². The summed E-state index contributed by atoms with van der Waals surface area (Å²) in [6.07, 6.45) is -1.16. The smallest absolute Gasteiger partial charge is 0.337 e. The van der Waals surface area contributed by atoms with Crippen LogP contribution in [0.1, 0.15) is 38.1 Å². The maximum atomic E-state index is 12.1. The molecule has 1 heterocycles. The molecule has 0 aliphatic carbocycles. The van der Waals surface area contributed by atoms with E-state index in [0.29, 0.717) is 16.3 Å². The van der Waals surface area contributed by atoms with Crippen molar-refractivity contribution in [2.75, 3.05) is 0 Å². The molecule has 3 rings (SSSR count). The van der Waals surface area contributed by atoms with Crippen LogP contribution >= 0.6 is 11.6 Å². The van der Waals surface area contributed by atoms with E-state index in [1.807, 2.05) is 70.2 Å². The predicted molar refractivity (Wildman–Crippen MR) is 108 cm³/mol. The molecule has 3 aromatic rings. The summed E-state index contributed by atoms with van der Waals surface area (Å²) in [7, 11) is 0. The number of benzene rings is 2. The highest BCUT2D eigenvalue weighted by Gasteiger charge is 2.32. The summed E-state index contributed by atoms with van der Waals surface area (Å²) in [4.78, 5) is 16.8. The van der Waals surface area contributed by atoms with Gasteiger partial charge in [0.05, 0.1) is 11.1 Å². The SMILES string of the molecule is Cc1nc2ccccc2c(-c2ccccc2Cl)c1[C@H](OC(C)(C)C)C(=O)O. The second-order valence-corrected chi connectivity index (χ2v) is 7.84. The van der Waals surface area contributed by atoms with Gasteiger partial charge >= 0.3 is 5.97 Å². The summed E-state index contributed by atoms with van der Waals surface area (Å²) in [6.45, 7) is 7.32. The maximum Gasteiger partial charge on any atom is 0.337 e. The molecule has 0 aliphatic rings. The number of aliphatic carboxylic acids is 1. The van der Waals surface area contributed by atoms with Crippen molar-refractivity contribution in [1.29, 1.82) is 0 Å². The molecule has 0 aliphatic heterocycles. The van der Waals surface area contributed by atoms with Crippen LogP contribution in [0.15, 0.2) is 48.5 Å². The number of aromatic nitrogens is 1. The highest BCUT2D eigenvalue weighted by atomic mass is 35.5. The Balaban J connectivity index is 2.41. The quantitative estimate of drug-likeness (QED) is 0.618. The summed E-state index contributed by atoms with van der Waals surface area (Å²) >= 11 is 6.49. The van der Waals surface area contributed by atoms with Crippen molar-refractivity contribution in [3.05, 3.63) is 64.8 Å². The zero-order chi connectivity index (χ0) is 19.8. The lowest BCUT2D eigenvalue weighted by molar-refractivity contribution is -0.160. The summed E-state index contributed by atoms with van der Waals surface area (Å²) in [5.74, 6) is -1.06. The van der Waals surface area contributed by atoms with Gasteiger partial charge in [-0.1, -0.05) is 48.0 Å². The Morgan fingerprint density at radius 3 is 2.37 bits per heavy atom. The highest BCUT2D eigenvalue weighted by Crippen LogP contribution is 2.41. The fourth-order valence-electron chi connectivity index (χ4n) is 3.21. The number of para-hydroxylation sites is 1. The molecular weight excluding hydrogens is 362 g/mol. The molecule has 0 radical (unpaired) electrons. The minimum absolute atomic E-state index is 0.532. The number of carbonyl (C=O) groups is 1. The van der Waals surface area contributed by atoms with E-state index in [9.17, 15) is 9.90 Å². The Morgan fingerprint density at radius 1 is 1.11 bits per heavy atom. The van der Waals surface area contributed by atoms with Gasteiger partial charge in [-0.2, -0.15) is 0 Å². The molecule has 27 heavy (non-hydrogen) atoms. The standard InChI is InChI=1S/C22H22ClNO3/c1-13-18(20(21(25)26)27-22(2,3)4)19(14-9-5-7-11-16(14)23)15-10-6-8-12-17(15)24-13/h5-12,20H,1-4H3,(H,25,26)/t20-/m0/s1. The van der Waals surface area contributed by atoms with Gasteiger partial charge in [-0.3, -0.25) is 4.98 Å². The van der Waals surface area contributed by atoms with Gasteiger partial charge in [0.2, 0.25) is 0 Å². The van der Waals surface area contributed by atoms with Crippen molar-refractivity contribution >= 4 is 28.5 Å². The van der Waals surface area contributed by atoms with E-state index < -0.39 is 17.7 Å². The third-order valence-electron chi connectivity index (χ3n) is 4.22. The summed E-state index contributed by atoms with van der Waals surface area (Å²) in [5.41, 5.74) is 2.80. The van der Waals surface area contributed by atoms with Crippen LogP contribution in [0.3, 0.4) is 0 Å². The Kier molecular flexibility index (Phi) is 5.22. The number of ether oxygens (including phenoxy) is 1. The van der Waals surface area contributed by atoms with Gasteiger partial charge in [0.1, 0.15) is 0 Å². The first kappa shape index (κ1) is 19.3. The Bertz CT molecular complexity index is 1010. The van der Waals surface area contributed by atoms with Crippen molar-refractivity contribution in [1.82, 2.24) is 4.98 Å². The molecule has 1 atom stereocenters. The number of pyridine rings is 1. The zero-order valence-corrected chi connectivity index (χ0v) is 16.5. The number of rotatable bonds is 4. The number of carboxylic acids is 1. The van der Waals surface area contributed by atoms with Crippen LogP contribution in [0.5, 0.6) is 0 Å². The third-order valence-corrected chi connectivity index (χ3v) is 4.55. The van der Waals surface area contributed by atoms with Crippen molar-refractivity contribution in [3.63, 3.8) is 0 Å². The molecule has 1 N–H and O–H groups in total. The lowest BCUT2D eigenvalue weighted by atomic mass is 9.91. The monoisotopic (exact) mass is 383 g/mol. The molecule has 5 heteroatoms. The topological polar surface area (TPSA) is 59.4 Å². The first-order chi connectivity index (χ1) is 12.7. The average molecular weight is 384 g/mol. The van der Waals surface area contributed by atoms with E-state index in [2.05, 4.69) is 4.98 Å². The Hall–Kier alpha value is -2.43. The first-order valence-corrected chi connectivity index (χ1v) is 9.11. The van der Waals surface area contributed by atoms with Crippen LogP contribution < -0.4 is 0 Å². The Morgan fingerprint density at radius 2 is 1.74 bits per heavy atom. The van der Waals surface area contributed by atoms with E-state index in [1.165, 1.54) is 0 Å². The van der Waals surface area contributed by atoms with Crippen LogP contribution in [0.4, 0.5) is 0 Å². The average Bonchev–Trinajstić information content (AvgIpc) is 2.58. The van der Waals surface area contributed by atoms with Gasteiger partial charge in [-0.15, -0.1) is 0 Å². The van der Waals surface area contributed by atoms with E-state index >= 15 is 0 Å². The minimum Gasteiger partial charge on any atom is -0.479 e. The van der Waals surface area contributed by atoms with E-state index in [4.69, 9.17) is 16.3 Å². The van der Waals surface area contributed by atoms with E-state index in [-0.39, 0.29) is 0 Å². The molecule has 140 valence electrons. The van der Waals surface area contributed by atoms with Crippen LogP contribution in [0.2, 0.25) is 5.02 Å². The summed E-state index contributed by atoms with van der Waals surface area (Å²) in [5, 5.41) is 11.3. The van der Waals surface area contributed by atoms with Gasteiger partial charge in [0.15, 0.2) is 6.10 Å². The van der Waals surface area contributed by atoms with Crippen molar-refractivity contribution in [2.24, 2.45) is 0 Å². The van der Waals surface area contributed by atoms with Crippen molar-refractivity contribution in [3.8, 4) is 11.1 Å². The van der Waals surface area contributed by atoms with Crippen molar-refractivity contribution in [2.45, 2.75) is 39.4 Å². The minimum atomic E-state index is -1.16. The number of nitrogens with zero attached hydrogens (tertiary/aromatic N) is 1. The molecule has 0 spiro atoms. The predicted octanol–water partition coefficient (Wildman–Crippen LogP) is 5.80. The first-order valence-electron chi connectivity index (χ1n) is 8.74. The van der Waals surface area contributed by atoms with Crippen LogP contribution in [-0.2, 0) is 9.53 Å². The number of hydrogen-bond acceptors (Lipinski definition) is 3. The molecule has 0 fully saturated rings. The van der Waals surface area contributed by atoms with Gasteiger partial charge < -0.3 is 9.84 Å². The van der Waals surface area contributed by atoms with Crippen LogP contribution in [0.25, 0.3) is 22.0 Å². The van der Waals surface area contributed by atoms with Crippen molar-refractivity contribution < 1.29 is 14.6 Å². The molecule has 0 amide bonds. The maximum absolute atomic E-state index is 12.1. The van der Waals surface area contributed by atoms with E-state index in [1.54, 1.807) is 6.07 Å². The number of carboxylic acid groups (broad SMARTS) is 1. The molecule has 4 nitrogen and oxygen atoms in total. The number of fused-ring (bicyclic) bond motifs is 1. The third kappa shape index (κ3) is 3.97. The van der Waals surface area contributed by atoms with Crippen LogP contribution in [0, 0.1) is 6.92 Å². The number of halogens is 1. The fraction of sp³-hybridized carbons (Fsp3) is 0.273. The largest absolute Gasteiger partial charge is 0.479 e. The summed E-state index contributed by atoms with van der Waals surface area (Å²) in [6, 6.07) is 15.1. The molecule has 2 aromatic carbocycles. The molecular formula is C22H22ClNO3. The Labute approximate surface area is 163 Å². The second kappa shape index (κ2) is 7.29. The normalized spacial score (nSPS) is 12.9. The number of hydrogen-bond donors (Lipinski definition) is 1. The van der Waals surface area contributed by atoms with Crippen LogP contribution in [-0.4, -0.2) is 21.7 Å². The molecule has 1 aromatic heterocycles. The lowest BCUT2D eigenvalue weighted by Crippen LogP contribution is -2.28. The van der Waals surface area contributed by atoms with Gasteiger partial charge in [-0.25, -0.2) is 4.79 Å². The number of aryl methyl sites for hydroxylation is 1. The van der Waals surface area contributed by atoms with Gasteiger partial charge in [0.25, 0.3) is 0 Å². The second-order valence-electron chi connectivity index (χ2n) is 7.43. The lowest BCUT2D eigenvalue weighted by Gasteiger charge is -2.28. The highest BCUT2D eigenvalue weighted by molar-refractivity contribution is 6.33.